The van der Waals surface area contributed by atoms with Gasteiger partial charge in [0, 0.05) is 82.2 Å². The Morgan fingerprint density at radius 1 is 0.231 bits per heavy atom. The molecule has 0 saturated carbocycles. The first-order valence-corrected chi connectivity index (χ1v) is 55.7. The van der Waals surface area contributed by atoms with Crippen LogP contribution in [0.2, 0.25) is 0 Å². The highest BCUT2D eigenvalue weighted by molar-refractivity contribution is 6.21. The smallest absolute Gasteiger partial charge is 0.143 e. The molecule has 17 aromatic rings. The van der Waals surface area contributed by atoms with E-state index in [0.717, 1.165) is 55.6 Å². The Balaban J connectivity index is 0.577. The molecule has 0 atom stereocenters. The summed E-state index contributed by atoms with van der Waals surface area (Å²) < 4.78 is 14.7. The number of para-hydroxylation sites is 3. The van der Waals surface area contributed by atoms with Gasteiger partial charge in [0.1, 0.15) is 22.3 Å². The zero-order valence-electron chi connectivity index (χ0n) is 88.1. The maximum atomic E-state index is 7.35. The number of rotatable bonds is 35. The van der Waals surface area contributed by atoms with E-state index in [9.17, 15) is 0 Å². The molecule has 724 valence electrons. The average molecular weight is 1880 g/mol. The second-order valence-corrected chi connectivity index (χ2v) is 47.2. The summed E-state index contributed by atoms with van der Waals surface area (Å²) in [7, 11) is 0. The van der Waals surface area contributed by atoms with Crippen molar-refractivity contribution in [2.24, 2.45) is 0 Å². The van der Waals surface area contributed by atoms with E-state index in [1.807, 2.05) is 0 Å². The van der Waals surface area contributed by atoms with E-state index in [1.165, 1.54) is 346 Å². The van der Waals surface area contributed by atoms with E-state index in [1.54, 1.807) is 22.3 Å². The van der Waals surface area contributed by atoms with E-state index < -0.39 is 10.8 Å². The van der Waals surface area contributed by atoms with Crippen molar-refractivity contribution in [1.82, 2.24) is 0 Å². The fraction of sp³-hybridized carbons (Fsp3) is 0.357. The van der Waals surface area contributed by atoms with Crippen LogP contribution in [0.25, 0.3) is 155 Å². The van der Waals surface area contributed by atoms with Crippen molar-refractivity contribution in [3.8, 4) is 111 Å². The van der Waals surface area contributed by atoms with Crippen molar-refractivity contribution in [3.63, 3.8) is 0 Å². The minimum absolute atomic E-state index is 0.0165. The lowest BCUT2D eigenvalue weighted by molar-refractivity contribution is 0.398. The van der Waals surface area contributed by atoms with Crippen molar-refractivity contribution in [1.29, 1.82) is 0 Å². The first-order valence-electron chi connectivity index (χ1n) is 55.7. The van der Waals surface area contributed by atoms with Gasteiger partial charge in [-0.2, -0.15) is 0 Å². The Labute approximate surface area is 852 Å². The monoisotopic (exact) mass is 1870 g/mol. The molecule has 2 aromatic heterocycles. The van der Waals surface area contributed by atoms with Crippen LogP contribution < -0.4 is 4.90 Å². The number of hydrogen-bond donors (Lipinski definition) is 0. The Kier molecular flexibility index (Phi) is 24.5. The normalized spacial score (nSPS) is 15.4. The van der Waals surface area contributed by atoms with Crippen molar-refractivity contribution in [2.45, 2.75) is 322 Å². The minimum Gasteiger partial charge on any atom is -0.455 e. The first-order chi connectivity index (χ1) is 69.4. The molecule has 0 N–H and O–H groups in total. The van der Waals surface area contributed by atoms with Gasteiger partial charge in [-0.15, -0.1) is 0 Å². The number of hydrogen-bond acceptors (Lipinski definition) is 3. The molecule has 15 aromatic carbocycles. The lowest BCUT2D eigenvalue weighted by Crippen LogP contribution is -2.25. The molecule has 3 nitrogen and oxygen atoms in total. The molecular weight excluding hydrogens is 1730 g/mol. The second kappa shape index (κ2) is 37.1. The minimum atomic E-state index is -0.423. The van der Waals surface area contributed by atoms with Gasteiger partial charge in [0.05, 0.1) is 0 Å². The van der Waals surface area contributed by atoms with Crippen molar-refractivity contribution < 1.29 is 8.83 Å². The Bertz CT molecular complexity index is 7370. The summed E-state index contributed by atoms with van der Waals surface area (Å²) in [4.78, 5) is 2.60. The van der Waals surface area contributed by atoms with Gasteiger partial charge in [-0.3, -0.25) is 0 Å². The van der Waals surface area contributed by atoms with E-state index >= 15 is 0 Å². The van der Waals surface area contributed by atoms with Crippen LogP contribution in [-0.4, -0.2) is 0 Å². The third kappa shape index (κ3) is 15.6. The van der Waals surface area contributed by atoms with Gasteiger partial charge >= 0.3 is 0 Å². The van der Waals surface area contributed by atoms with Gasteiger partial charge in [0.2, 0.25) is 0 Å². The molecule has 0 amide bonds. The lowest BCUT2D eigenvalue weighted by Gasteiger charge is -2.33. The standard InChI is InChI=1S/C140H147NO2/c1-16-20-24-28-32-46-76-139(77-47-33-29-25-21-17-2)112-54-40-36-50-98(112)104-70-62-92(82-121(104)139)90-60-68-100-102-72-64-94(84-117(102)135(8,9)115(100)80-90)110-88-123-128(130-108-52-38-44-58-126(108)142-132(110)130)106-74-66-96(86-119(106)137(123,12)13)141(125-57-43-42-56-114(125)134(5,6)7)97-67-75-107-120(87-97)138(14,15)124-89-111(133-131(129(107)124)109-53-39-45-59-127(109)143-133)95-65-73-103-101-69-61-91(81-116(101)136(10,11)118(103)85-95)93-63-71-105-99-51-37-41-55-113(99)140(122(105)83-93,78-48-34-30-26-22-18-3)79-49-35-31-27-23-19-4/h36-45,50-75,80-89H,16-35,46-49,76-79H2,1-15H3. The number of furan rings is 2. The number of benzene rings is 15. The number of nitrogens with zero attached hydrogens (tertiary/aromatic N) is 1. The Morgan fingerprint density at radius 2 is 0.510 bits per heavy atom. The fourth-order valence-electron chi connectivity index (χ4n) is 28.2. The number of unbranched alkanes of at least 4 members (excludes halogenated alkanes) is 20. The fourth-order valence-corrected chi connectivity index (χ4v) is 28.2. The predicted octanol–water partition coefficient (Wildman–Crippen LogP) is 41.7. The summed E-state index contributed by atoms with van der Waals surface area (Å²) in [5.74, 6) is 0. The van der Waals surface area contributed by atoms with Gasteiger partial charge in [-0.25, -0.2) is 0 Å². The van der Waals surface area contributed by atoms with Crippen LogP contribution in [0, 0.1) is 0 Å². The molecule has 0 aliphatic heterocycles. The van der Waals surface area contributed by atoms with Crippen LogP contribution in [0.1, 0.15) is 356 Å². The van der Waals surface area contributed by atoms with Gasteiger partial charge in [0.25, 0.3) is 0 Å². The summed E-state index contributed by atoms with van der Waals surface area (Å²) >= 11 is 0. The second-order valence-electron chi connectivity index (χ2n) is 47.2. The quantitative estimate of drug-likeness (QED) is 0.0371. The molecule has 6 aliphatic carbocycles. The molecule has 6 aliphatic rings. The van der Waals surface area contributed by atoms with Gasteiger partial charge in [0.15, 0.2) is 0 Å². The summed E-state index contributed by atoms with van der Waals surface area (Å²) in [5.41, 5.74) is 50.0. The maximum Gasteiger partial charge on any atom is 0.143 e. The van der Waals surface area contributed by atoms with Gasteiger partial charge < -0.3 is 13.7 Å². The summed E-state index contributed by atoms with van der Waals surface area (Å²) in [6.45, 7) is 36.2. The van der Waals surface area contributed by atoms with E-state index in [-0.39, 0.29) is 27.1 Å². The van der Waals surface area contributed by atoms with E-state index in [2.05, 4.69) is 388 Å². The highest BCUT2D eigenvalue weighted by atomic mass is 16.3. The predicted molar refractivity (Wildman–Crippen MR) is 611 cm³/mol. The van der Waals surface area contributed by atoms with E-state index in [4.69, 9.17) is 8.83 Å². The lowest BCUT2D eigenvalue weighted by atomic mass is 9.70. The SMILES string of the molecule is CCCCCCCCC1(CCCCCCCC)c2ccccc2-c2ccc(-c3ccc4c(c3)C(C)(C)c3cc(-c5cc6c(c7c5oc5ccccc57)-c5ccc(N(c7ccc8c(c7)C(C)(C)c7cc(-c9ccc%10c(c9)C(C)(C)c9cc(-c%11ccc%12c(c%11)C(CCCCCCCC)(CCCCCCCC)c%11ccccc%11-%12)ccc9-%10)c9oc%10ccccc%10c9c7-8)c7ccccc7C(C)(C)C)cc5C6(C)C)ccc3-4)cc21. The van der Waals surface area contributed by atoms with Gasteiger partial charge in [-0.05, 0) is 295 Å². The van der Waals surface area contributed by atoms with E-state index in [0.29, 0.717) is 0 Å². The number of anilines is 3. The molecular formula is C140H147NO2. The van der Waals surface area contributed by atoms with Crippen molar-refractivity contribution >= 4 is 60.9 Å². The zero-order chi connectivity index (χ0) is 98.2. The van der Waals surface area contributed by atoms with Crippen LogP contribution in [0.4, 0.5) is 17.1 Å². The molecule has 0 bridgehead atoms. The summed E-state index contributed by atoms with van der Waals surface area (Å²) in [6.07, 6.45) is 36.4. The Hall–Kier alpha value is -12.3. The third-order valence-corrected chi connectivity index (χ3v) is 36.0. The molecule has 143 heavy (non-hydrogen) atoms. The molecule has 0 spiro atoms. The van der Waals surface area contributed by atoms with Crippen molar-refractivity contribution in [2.75, 3.05) is 4.90 Å². The molecule has 3 heteroatoms. The summed E-state index contributed by atoms with van der Waals surface area (Å²) in [6, 6.07) is 111. The number of fused-ring (bicyclic) bond motifs is 26. The van der Waals surface area contributed by atoms with Crippen LogP contribution >= 0.6 is 0 Å². The van der Waals surface area contributed by atoms with Crippen LogP contribution in [0.3, 0.4) is 0 Å². The molecule has 0 saturated heterocycles. The van der Waals surface area contributed by atoms with Crippen LogP contribution in [0.5, 0.6) is 0 Å². The van der Waals surface area contributed by atoms with Gasteiger partial charge in [-0.1, -0.05) is 446 Å². The highest BCUT2D eigenvalue weighted by Crippen LogP contribution is 2.64. The largest absolute Gasteiger partial charge is 0.455 e. The van der Waals surface area contributed by atoms with Crippen LogP contribution in [-0.2, 0) is 37.9 Å². The molecule has 0 radical (unpaired) electrons. The molecule has 2 heterocycles. The van der Waals surface area contributed by atoms with Crippen LogP contribution in [0.15, 0.2) is 288 Å². The Morgan fingerprint density at radius 3 is 0.881 bits per heavy atom. The molecule has 23 rings (SSSR count). The van der Waals surface area contributed by atoms with Crippen molar-refractivity contribution in [3.05, 3.63) is 351 Å². The average Bonchev–Trinajstić information content (AvgIpc) is 1.53. The maximum absolute atomic E-state index is 7.35. The zero-order valence-corrected chi connectivity index (χ0v) is 88.1. The highest BCUT2D eigenvalue weighted by Gasteiger charge is 2.48. The first kappa shape index (κ1) is 94.3. The molecule has 0 fully saturated rings. The summed E-state index contributed by atoms with van der Waals surface area (Å²) in [5, 5.41) is 4.67. The topological polar surface area (TPSA) is 29.5 Å². The third-order valence-electron chi connectivity index (χ3n) is 36.0. The molecule has 0 unspecified atom stereocenters.